The van der Waals surface area contributed by atoms with E-state index in [4.69, 9.17) is 0 Å². The third-order valence-corrected chi connectivity index (χ3v) is 4.25. The Bertz CT molecular complexity index is 521. The van der Waals surface area contributed by atoms with Gasteiger partial charge in [-0.3, -0.25) is 4.79 Å². The number of likely N-dealkylation sites (tertiary alicyclic amines) is 1. The highest BCUT2D eigenvalue weighted by molar-refractivity contribution is 5.77. The van der Waals surface area contributed by atoms with Crippen LogP contribution in [-0.4, -0.2) is 35.1 Å². The van der Waals surface area contributed by atoms with Gasteiger partial charge in [0, 0.05) is 25.6 Å². The number of β-amino-alcohol motifs (C(OH)–C–C–N with tert-alkyl or cyclic N) is 1. The molecule has 0 spiro atoms. The van der Waals surface area contributed by atoms with Crippen LogP contribution in [0.2, 0.25) is 0 Å². The normalized spacial score (nSPS) is 24.0. The van der Waals surface area contributed by atoms with Crippen LogP contribution in [0.3, 0.4) is 0 Å². The molecule has 1 aliphatic rings. The Morgan fingerprint density at radius 2 is 2.19 bits per heavy atom. The van der Waals surface area contributed by atoms with Crippen LogP contribution in [-0.2, 0) is 4.79 Å². The van der Waals surface area contributed by atoms with Crippen LogP contribution in [0.1, 0.15) is 38.2 Å². The summed E-state index contributed by atoms with van der Waals surface area (Å²) in [5, 5.41) is 9.83. The van der Waals surface area contributed by atoms with Crippen molar-refractivity contribution in [1.29, 1.82) is 0 Å². The molecule has 3 atom stereocenters. The van der Waals surface area contributed by atoms with Crippen molar-refractivity contribution in [2.24, 2.45) is 5.92 Å². The molecule has 0 aromatic heterocycles. The van der Waals surface area contributed by atoms with Crippen molar-refractivity contribution in [3.8, 4) is 0 Å². The minimum Gasteiger partial charge on any atom is -0.391 e. The lowest BCUT2D eigenvalue weighted by Crippen LogP contribution is -2.46. The summed E-state index contributed by atoms with van der Waals surface area (Å²) in [4.78, 5) is 13.9. The average molecular weight is 297 g/mol. The molecular weight excluding hydrogens is 276 g/mol. The summed E-state index contributed by atoms with van der Waals surface area (Å²) in [5.41, 5.74) is 0.343. The molecule has 0 bridgehead atoms. The molecule has 3 unspecified atom stereocenters. The van der Waals surface area contributed by atoms with Crippen molar-refractivity contribution in [1.82, 2.24) is 4.90 Å². The molecule has 1 aliphatic heterocycles. The molecule has 0 saturated carbocycles. The van der Waals surface area contributed by atoms with Gasteiger partial charge in [-0.25, -0.2) is 8.78 Å². The van der Waals surface area contributed by atoms with Crippen LogP contribution in [0.25, 0.3) is 0 Å². The van der Waals surface area contributed by atoms with E-state index in [-0.39, 0.29) is 24.2 Å². The summed E-state index contributed by atoms with van der Waals surface area (Å²) < 4.78 is 26.6. The molecule has 1 aromatic carbocycles. The maximum Gasteiger partial charge on any atom is 0.223 e. The first-order valence-electron chi connectivity index (χ1n) is 7.29. The number of aliphatic hydroxyl groups is 1. The van der Waals surface area contributed by atoms with E-state index in [9.17, 15) is 18.7 Å². The Morgan fingerprint density at radius 3 is 2.81 bits per heavy atom. The fourth-order valence-corrected chi connectivity index (χ4v) is 2.68. The van der Waals surface area contributed by atoms with Gasteiger partial charge >= 0.3 is 0 Å². The number of amides is 1. The third kappa shape index (κ3) is 3.79. The van der Waals surface area contributed by atoms with Crippen LogP contribution in [0.15, 0.2) is 18.2 Å². The van der Waals surface area contributed by atoms with E-state index >= 15 is 0 Å². The lowest BCUT2D eigenvalue weighted by Gasteiger charge is -2.34. The highest BCUT2D eigenvalue weighted by Crippen LogP contribution is 2.25. The molecule has 1 saturated heterocycles. The summed E-state index contributed by atoms with van der Waals surface area (Å²) in [7, 11) is 0. The zero-order valence-corrected chi connectivity index (χ0v) is 12.4. The predicted molar refractivity (Wildman–Crippen MR) is 75.8 cm³/mol. The van der Waals surface area contributed by atoms with Gasteiger partial charge in [0.05, 0.1) is 6.10 Å². The maximum atomic E-state index is 13.7. The van der Waals surface area contributed by atoms with Crippen molar-refractivity contribution in [3.63, 3.8) is 0 Å². The van der Waals surface area contributed by atoms with Gasteiger partial charge in [0.1, 0.15) is 11.6 Å². The van der Waals surface area contributed by atoms with Crippen LogP contribution in [0, 0.1) is 17.6 Å². The molecule has 2 rings (SSSR count). The number of aliphatic hydroxyl groups excluding tert-OH is 1. The smallest absolute Gasteiger partial charge is 0.223 e. The first-order valence-corrected chi connectivity index (χ1v) is 7.29. The number of benzene rings is 1. The van der Waals surface area contributed by atoms with Gasteiger partial charge < -0.3 is 10.0 Å². The van der Waals surface area contributed by atoms with E-state index in [0.717, 1.165) is 12.5 Å². The zero-order valence-electron chi connectivity index (χ0n) is 12.4. The number of halogens is 2. The van der Waals surface area contributed by atoms with E-state index in [0.29, 0.717) is 18.7 Å². The minimum atomic E-state index is -0.623. The number of carbonyl (C=O) groups is 1. The van der Waals surface area contributed by atoms with Crippen LogP contribution in [0.4, 0.5) is 8.78 Å². The van der Waals surface area contributed by atoms with Crippen molar-refractivity contribution in [2.75, 3.05) is 13.1 Å². The minimum absolute atomic E-state index is 0.0998. The Hall–Kier alpha value is -1.49. The van der Waals surface area contributed by atoms with Crippen molar-refractivity contribution in [3.05, 3.63) is 35.4 Å². The average Bonchev–Trinajstić information content (AvgIpc) is 2.41. The molecule has 5 heteroatoms. The topological polar surface area (TPSA) is 40.5 Å². The zero-order chi connectivity index (χ0) is 15.6. The lowest BCUT2D eigenvalue weighted by molar-refractivity contribution is -0.135. The summed E-state index contributed by atoms with van der Waals surface area (Å²) in [6, 6.07) is 3.42. The highest BCUT2D eigenvalue weighted by atomic mass is 19.1. The number of hydrogen-bond donors (Lipinski definition) is 1. The first-order chi connectivity index (χ1) is 9.88. The molecule has 21 heavy (non-hydrogen) atoms. The second kappa shape index (κ2) is 6.52. The highest BCUT2D eigenvalue weighted by Gasteiger charge is 2.28. The first kappa shape index (κ1) is 15.9. The predicted octanol–water partition coefficient (Wildman–Crippen LogP) is 2.69. The molecule has 1 heterocycles. The second-order valence-electron chi connectivity index (χ2n) is 5.94. The van der Waals surface area contributed by atoms with Crippen molar-refractivity contribution < 1.29 is 18.7 Å². The van der Waals surface area contributed by atoms with Gasteiger partial charge in [-0.15, -0.1) is 0 Å². The number of carbonyl (C=O) groups excluding carboxylic acids is 1. The molecule has 1 N–H and O–H groups in total. The van der Waals surface area contributed by atoms with Crippen molar-refractivity contribution in [2.45, 2.75) is 38.7 Å². The Kier molecular flexibility index (Phi) is 4.93. The summed E-state index contributed by atoms with van der Waals surface area (Å²) in [6.45, 7) is 4.66. The van der Waals surface area contributed by atoms with Crippen LogP contribution in [0.5, 0.6) is 0 Å². The van der Waals surface area contributed by atoms with E-state index in [2.05, 4.69) is 0 Å². The molecular formula is C16H21F2NO2. The van der Waals surface area contributed by atoms with E-state index in [1.54, 1.807) is 11.8 Å². The number of hydrogen-bond acceptors (Lipinski definition) is 2. The molecule has 116 valence electrons. The van der Waals surface area contributed by atoms with Gasteiger partial charge in [0.2, 0.25) is 5.91 Å². The number of nitrogens with zero attached hydrogens (tertiary/aromatic N) is 1. The van der Waals surface area contributed by atoms with Gasteiger partial charge in [-0.05, 0) is 29.9 Å². The van der Waals surface area contributed by atoms with E-state index in [1.165, 1.54) is 12.1 Å². The van der Waals surface area contributed by atoms with Gasteiger partial charge in [0.15, 0.2) is 0 Å². The summed E-state index contributed by atoms with van der Waals surface area (Å²) in [6.07, 6.45) is 0.427. The van der Waals surface area contributed by atoms with Crippen LogP contribution < -0.4 is 0 Å². The Morgan fingerprint density at radius 1 is 1.48 bits per heavy atom. The molecule has 3 nitrogen and oxygen atoms in total. The van der Waals surface area contributed by atoms with E-state index < -0.39 is 17.7 Å². The quantitative estimate of drug-likeness (QED) is 0.932. The van der Waals surface area contributed by atoms with Gasteiger partial charge in [-0.2, -0.15) is 0 Å². The second-order valence-corrected chi connectivity index (χ2v) is 5.94. The molecule has 1 fully saturated rings. The monoisotopic (exact) mass is 297 g/mol. The fraction of sp³-hybridized carbons (Fsp3) is 0.562. The molecule has 0 aliphatic carbocycles. The summed E-state index contributed by atoms with van der Waals surface area (Å²) >= 11 is 0. The molecule has 1 amide bonds. The van der Waals surface area contributed by atoms with Gasteiger partial charge in [-0.1, -0.05) is 19.9 Å². The largest absolute Gasteiger partial charge is 0.391 e. The fourth-order valence-electron chi connectivity index (χ4n) is 2.68. The standard InChI is InChI=1S/C16H21F2NO2/c1-10-5-6-19(9-15(10)20)16(21)7-11(2)13-4-3-12(17)8-14(13)18/h3-4,8,10-11,15,20H,5-7,9H2,1-2H3. The lowest BCUT2D eigenvalue weighted by atomic mass is 9.93. The molecule has 1 aromatic rings. The Labute approximate surface area is 123 Å². The maximum absolute atomic E-state index is 13.7. The van der Waals surface area contributed by atoms with Crippen LogP contribution >= 0.6 is 0 Å². The Balaban J connectivity index is 1.99. The number of rotatable bonds is 3. The molecule has 0 radical (unpaired) electrons. The summed E-state index contributed by atoms with van der Waals surface area (Å²) in [5.74, 6) is -1.47. The van der Waals surface area contributed by atoms with Crippen molar-refractivity contribution >= 4 is 5.91 Å². The number of piperidine rings is 1. The third-order valence-electron chi connectivity index (χ3n) is 4.25. The van der Waals surface area contributed by atoms with E-state index in [1.807, 2.05) is 6.92 Å². The van der Waals surface area contributed by atoms with Gasteiger partial charge in [0.25, 0.3) is 0 Å². The SMILES string of the molecule is CC(CC(=O)N1CCC(C)C(O)C1)c1ccc(F)cc1F.